The van der Waals surface area contributed by atoms with Gasteiger partial charge in [0.05, 0.1) is 5.76 Å². The standard InChI is InChI=1S/C15H11N.C5H8O2.Ir/c1-2-6-12(7-3-1)15-11-10-13-8-4-5-9-14(13)16-15;1-4(6)3-5(2)7;/h1-6,8-11,15H;3,6H,1-2H3;/q-2;;/b;4-3-;. The van der Waals surface area contributed by atoms with Crippen LogP contribution in [0.5, 0.6) is 0 Å². The van der Waals surface area contributed by atoms with Crippen LogP contribution in [0, 0.1) is 6.07 Å². The van der Waals surface area contributed by atoms with E-state index in [1.807, 2.05) is 30.3 Å². The molecule has 0 bridgehead atoms. The van der Waals surface area contributed by atoms with Gasteiger partial charge < -0.3 is 10.4 Å². The van der Waals surface area contributed by atoms with Crippen LogP contribution < -0.4 is 0 Å². The molecule has 127 valence electrons. The van der Waals surface area contributed by atoms with E-state index >= 15 is 0 Å². The number of fused-ring (bicyclic) bond motifs is 1. The average molecular weight is 498 g/mol. The largest absolute Gasteiger partial charge is 0.676 e. The fraction of sp³-hybridized carbons (Fsp3) is 0.150. The quantitative estimate of drug-likeness (QED) is 0.348. The van der Waals surface area contributed by atoms with E-state index in [2.05, 4.69) is 36.4 Å². The molecule has 3 nitrogen and oxygen atoms in total. The van der Waals surface area contributed by atoms with Gasteiger partial charge in [-0.2, -0.15) is 35.9 Å². The third kappa shape index (κ3) is 6.15. The van der Waals surface area contributed by atoms with Crippen LogP contribution in [0.25, 0.3) is 11.4 Å². The Kier molecular flexibility index (Phi) is 8.17. The van der Waals surface area contributed by atoms with E-state index < -0.39 is 0 Å². The van der Waals surface area contributed by atoms with Crippen molar-refractivity contribution in [3.63, 3.8) is 0 Å². The van der Waals surface area contributed by atoms with Crippen LogP contribution in [0.2, 0.25) is 0 Å². The van der Waals surface area contributed by atoms with E-state index in [1.165, 1.54) is 25.5 Å². The number of aliphatic hydroxyl groups is 1. The van der Waals surface area contributed by atoms with E-state index in [1.54, 1.807) is 0 Å². The summed E-state index contributed by atoms with van der Waals surface area (Å²) in [7, 11) is 0. The van der Waals surface area contributed by atoms with Gasteiger partial charge in [-0.25, -0.2) is 0 Å². The van der Waals surface area contributed by atoms with Crippen molar-refractivity contribution in [2.45, 2.75) is 19.9 Å². The summed E-state index contributed by atoms with van der Waals surface area (Å²) in [6.07, 6.45) is 5.42. The summed E-state index contributed by atoms with van der Waals surface area (Å²) in [6, 6.07) is 19.5. The minimum atomic E-state index is -0.125. The molecule has 1 radical (unpaired) electrons. The van der Waals surface area contributed by atoms with Gasteiger partial charge in [0, 0.05) is 26.2 Å². The maximum atomic E-state index is 10.0. The molecule has 2 aromatic carbocycles. The van der Waals surface area contributed by atoms with Gasteiger partial charge in [0.1, 0.15) is 0 Å². The molecule has 24 heavy (non-hydrogen) atoms. The number of carbonyl (C=O) groups is 1. The van der Waals surface area contributed by atoms with Crippen molar-refractivity contribution < 1.29 is 30.0 Å². The monoisotopic (exact) mass is 498 g/mol. The van der Waals surface area contributed by atoms with Gasteiger partial charge in [-0.3, -0.25) is 4.79 Å². The van der Waals surface area contributed by atoms with E-state index in [0.717, 1.165) is 11.3 Å². The summed E-state index contributed by atoms with van der Waals surface area (Å²) >= 11 is 0. The van der Waals surface area contributed by atoms with Gasteiger partial charge in [0.25, 0.3) is 0 Å². The van der Waals surface area contributed by atoms with Crippen molar-refractivity contribution >= 4 is 17.5 Å². The van der Waals surface area contributed by atoms with E-state index in [0.29, 0.717) is 0 Å². The molecule has 0 aromatic heterocycles. The number of carbonyl (C=O) groups excluding carboxylic acids is 1. The maximum Gasteiger partial charge on any atom is 0.155 e. The topological polar surface area (TPSA) is 51.4 Å². The molecule has 0 fully saturated rings. The van der Waals surface area contributed by atoms with Crippen molar-refractivity contribution in [1.82, 2.24) is 0 Å². The summed E-state index contributed by atoms with van der Waals surface area (Å²) in [6.45, 7) is 2.85. The Hall–Kier alpha value is -2.16. The van der Waals surface area contributed by atoms with Crippen LogP contribution in [-0.4, -0.2) is 10.9 Å². The predicted molar refractivity (Wildman–Crippen MR) is 93.6 cm³/mol. The van der Waals surface area contributed by atoms with Crippen LogP contribution in [0.15, 0.2) is 66.4 Å². The number of hydrogen-bond donors (Lipinski definition) is 1. The molecule has 0 amide bonds. The smallest absolute Gasteiger partial charge is 0.155 e. The molecule has 1 aliphatic rings. The molecule has 2 aromatic rings. The SMILES string of the molecule is CC(=O)/C=C(/C)O.[Ir].[c-]1ccccc1C1C=Cc2ccccc2[N-]1. The van der Waals surface area contributed by atoms with Crippen LogP contribution in [0.3, 0.4) is 0 Å². The number of para-hydroxylation sites is 1. The van der Waals surface area contributed by atoms with Crippen LogP contribution in [0.1, 0.15) is 31.0 Å². The van der Waals surface area contributed by atoms with Gasteiger partial charge >= 0.3 is 0 Å². The summed E-state index contributed by atoms with van der Waals surface area (Å²) in [5.41, 5.74) is 3.37. The zero-order chi connectivity index (χ0) is 16.7. The summed E-state index contributed by atoms with van der Waals surface area (Å²) in [4.78, 5) is 10.0. The molecule has 0 saturated heterocycles. The molecule has 4 heteroatoms. The van der Waals surface area contributed by atoms with Gasteiger partial charge in [0.2, 0.25) is 0 Å². The fourth-order valence-corrected chi connectivity index (χ4v) is 2.19. The zero-order valence-electron chi connectivity index (χ0n) is 13.6. The van der Waals surface area contributed by atoms with Gasteiger partial charge in [-0.15, -0.1) is 5.69 Å². The number of hydrogen-bond acceptors (Lipinski definition) is 2. The number of ketones is 1. The van der Waals surface area contributed by atoms with Crippen LogP contribution in [-0.2, 0) is 24.9 Å². The molecule has 1 atom stereocenters. The van der Waals surface area contributed by atoms with Crippen molar-refractivity contribution in [3.05, 3.63) is 89.0 Å². The van der Waals surface area contributed by atoms with E-state index in [-0.39, 0.29) is 37.7 Å². The van der Waals surface area contributed by atoms with Crippen molar-refractivity contribution in [1.29, 1.82) is 0 Å². The van der Waals surface area contributed by atoms with Gasteiger partial charge in [0.15, 0.2) is 5.78 Å². The third-order valence-electron chi connectivity index (χ3n) is 3.14. The Labute approximate surface area is 156 Å². The normalized spacial score (nSPS) is 15.1. The molecule has 1 heterocycles. The Morgan fingerprint density at radius 2 is 1.88 bits per heavy atom. The Bertz CT molecular complexity index is 719. The zero-order valence-corrected chi connectivity index (χ0v) is 16.0. The molecule has 0 saturated carbocycles. The van der Waals surface area contributed by atoms with Crippen molar-refractivity contribution in [3.8, 4) is 0 Å². The van der Waals surface area contributed by atoms with Crippen molar-refractivity contribution in [2.75, 3.05) is 0 Å². The van der Waals surface area contributed by atoms with Gasteiger partial charge in [-0.1, -0.05) is 42.5 Å². The maximum absolute atomic E-state index is 10.0. The van der Waals surface area contributed by atoms with E-state index in [4.69, 9.17) is 10.4 Å². The Balaban J connectivity index is 0.000000312. The summed E-state index contributed by atoms with van der Waals surface area (Å²) in [5, 5.41) is 13.1. The second kappa shape index (κ2) is 9.86. The molecular weight excluding hydrogens is 478 g/mol. The van der Waals surface area contributed by atoms with Gasteiger partial charge in [-0.05, 0) is 19.4 Å². The molecule has 0 spiro atoms. The number of benzene rings is 2. The predicted octanol–water partition coefficient (Wildman–Crippen LogP) is 5.29. The number of aliphatic hydroxyl groups excluding tert-OH is 1. The van der Waals surface area contributed by atoms with Crippen LogP contribution in [0.4, 0.5) is 5.69 Å². The molecule has 1 N–H and O–H groups in total. The fourth-order valence-electron chi connectivity index (χ4n) is 2.19. The molecule has 1 unspecified atom stereocenters. The number of nitrogens with zero attached hydrogens (tertiary/aromatic N) is 1. The molecule has 0 aliphatic carbocycles. The van der Waals surface area contributed by atoms with E-state index in [9.17, 15) is 4.79 Å². The second-order valence-electron chi connectivity index (χ2n) is 5.21. The number of rotatable bonds is 2. The third-order valence-corrected chi connectivity index (χ3v) is 3.14. The first-order valence-corrected chi connectivity index (χ1v) is 7.39. The molecule has 3 rings (SSSR count). The van der Waals surface area contributed by atoms with Crippen molar-refractivity contribution in [2.24, 2.45) is 0 Å². The first-order valence-electron chi connectivity index (χ1n) is 7.39. The second-order valence-corrected chi connectivity index (χ2v) is 5.21. The Morgan fingerprint density at radius 1 is 1.17 bits per heavy atom. The van der Waals surface area contributed by atoms with Crippen LogP contribution >= 0.6 is 0 Å². The Morgan fingerprint density at radius 3 is 2.46 bits per heavy atom. The average Bonchev–Trinajstić information content (AvgIpc) is 2.54. The summed E-state index contributed by atoms with van der Waals surface area (Å²) < 4.78 is 0. The minimum absolute atomic E-state index is 0. The summed E-state index contributed by atoms with van der Waals surface area (Å²) in [5.74, 6) is -0.0625. The first kappa shape index (κ1) is 19.9. The first-order chi connectivity index (χ1) is 11.1. The number of allylic oxidation sites excluding steroid dienone is 2. The molecular formula is C20H19IrNO2-2. The minimum Gasteiger partial charge on any atom is -0.676 e. The molecule has 1 aliphatic heterocycles.